The molecule has 4 nitrogen and oxygen atoms in total. The zero-order chi connectivity index (χ0) is 13.5. The number of carbonyl (C=O) groups excluding carboxylic acids is 2. The van der Waals surface area contributed by atoms with Crippen LogP contribution in [0.15, 0.2) is 12.7 Å². The molecule has 2 atom stereocenters. The Morgan fingerprint density at radius 3 is 2.44 bits per heavy atom. The molecule has 0 saturated heterocycles. The lowest BCUT2D eigenvalue weighted by Gasteiger charge is -2.25. The molecule has 18 heavy (non-hydrogen) atoms. The van der Waals surface area contributed by atoms with Crippen LogP contribution >= 0.6 is 0 Å². The summed E-state index contributed by atoms with van der Waals surface area (Å²) in [4.78, 5) is 23.5. The van der Waals surface area contributed by atoms with Gasteiger partial charge in [-0.05, 0) is 18.8 Å². The third kappa shape index (κ3) is 3.86. The second kappa shape index (κ2) is 7.19. The van der Waals surface area contributed by atoms with Crippen LogP contribution in [0.1, 0.15) is 38.5 Å². The maximum atomic E-state index is 12.0. The standard InChI is InChI=1S/C14H24N2O2/c1-3-6-11(13(15)17)12(14(18)16-2)9-10-7-4-5-8-10/h3,10-12H,1,4-9H2,2H3,(H2,15,17)(H,16,18)/t11-,12?/m0/s1. The molecular formula is C14H24N2O2. The van der Waals surface area contributed by atoms with Gasteiger partial charge in [-0.3, -0.25) is 9.59 Å². The van der Waals surface area contributed by atoms with Crippen LogP contribution in [0.3, 0.4) is 0 Å². The van der Waals surface area contributed by atoms with E-state index in [2.05, 4.69) is 11.9 Å². The summed E-state index contributed by atoms with van der Waals surface area (Å²) >= 11 is 0. The number of nitrogens with two attached hydrogens (primary N) is 1. The van der Waals surface area contributed by atoms with E-state index in [1.165, 1.54) is 12.8 Å². The van der Waals surface area contributed by atoms with E-state index in [1.807, 2.05) is 0 Å². The van der Waals surface area contributed by atoms with E-state index in [4.69, 9.17) is 5.73 Å². The van der Waals surface area contributed by atoms with Crippen molar-refractivity contribution in [3.05, 3.63) is 12.7 Å². The maximum Gasteiger partial charge on any atom is 0.223 e. The second-order valence-corrected chi connectivity index (χ2v) is 5.14. The topological polar surface area (TPSA) is 72.2 Å². The van der Waals surface area contributed by atoms with Gasteiger partial charge in [0.15, 0.2) is 0 Å². The van der Waals surface area contributed by atoms with E-state index in [-0.39, 0.29) is 11.8 Å². The summed E-state index contributed by atoms with van der Waals surface area (Å²) in [5.74, 6) is -0.662. The van der Waals surface area contributed by atoms with Gasteiger partial charge >= 0.3 is 0 Å². The number of primary amides is 1. The first-order valence-electron chi connectivity index (χ1n) is 6.72. The van der Waals surface area contributed by atoms with Gasteiger partial charge in [-0.2, -0.15) is 0 Å². The highest BCUT2D eigenvalue weighted by Crippen LogP contribution is 2.33. The number of amides is 2. The summed E-state index contributed by atoms with van der Waals surface area (Å²) < 4.78 is 0. The van der Waals surface area contributed by atoms with Crippen LogP contribution in [0.25, 0.3) is 0 Å². The molecule has 1 aliphatic rings. The third-order valence-corrected chi connectivity index (χ3v) is 3.92. The van der Waals surface area contributed by atoms with Gasteiger partial charge in [-0.1, -0.05) is 31.8 Å². The van der Waals surface area contributed by atoms with Crippen molar-refractivity contribution in [2.24, 2.45) is 23.5 Å². The number of hydrogen-bond acceptors (Lipinski definition) is 2. The first-order chi connectivity index (χ1) is 8.60. The summed E-state index contributed by atoms with van der Waals surface area (Å²) in [7, 11) is 1.61. The fourth-order valence-corrected chi connectivity index (χ4v) is 2.90. The van der Waals surface area contributed by atoms with E-state index in [0.29, 0.717) is 12.3 Å². The molecule has 2 amide bonds. The van der Waals surface area contributed by atoms with Gasteiger partial charge in [-0.15, -0.1) is 6.58 Å². The van der Waals surface area contributed by atoms with Gasteiger partial charge < -0.3 is 11.1 Å². The van der Waals surface area contributed by atoms with Crippen molar-refractivity contribution in [3.63, 3.8) is 0 Å². The highest BCUT2D eigenvalue weighted by Gasteiger charge is 2.33. The molecule has 0 heterocycles. The van der Waals surface area contributed by atoms with Gasteiger partial charge in [0.1, 0.15) is 0 Å². The minimum absolute atomic E-state index is 0.0763. The number of nitrogens with one attached hydrogen (secondary N) is 1. The van der Waals surface area contributed by atoms with Gasteiger partial charge in [0.25, 0.3) is 0 Å². The molecule has 1 fully saturated rings. The summed E-state index contributed by atoms with van der Waals surface area (Å²) in [5.41, 5.74) is 5.42. The Kier molecular flexibility index (Phi) is 5.89. The minimum Gasteiger partial charge on any atom is -0.369 e. The predicted molar refractivity (Wildman–Crippen MR) is 71.6 cm³/mol. The average molecular weight is 252 g/mol. The van der Waals surface area contributed by atoms with Crippen LogP contribution < -0.4 is 11.1 Å². The summed E-state index contributed by atoms with van der Waals surface area (Å²) in [6.07, 6.45) is 7.68. The molecule has 1 unspecified atom stereocenters. The molecule has 102 valence electrons. The van der Waals surface area contributed by atoms with E-state index < -0.39 is 11.8 Å². The van der Waals surface area contributed by atoms with Gasteiger partial charge in [0.2, 0.25) is 11.8 Å². The highest BCUT2D eigenvalue weighted by atomic mass is 16.2. The van der Waals surface area contributed by atoms with Crippen molar-refractivity contribution < 1.29 is 9.59 Å². The van der Waals surface area contributed by atoms with Crippen LogP contribution in [0.2, 0.25) is 0 Å². The summed E-state index contributed by atoms with van der Waals surface area (Å²) in [6, 6.07) is 0. The Labute approximate surface area is 109 Å². The smallest absolute Gasteiger partial charge is 0.223 e. The molecular weight excluding hydrogens is 228 g/mol. The molecule has 1 rings (SSSR count). The Hall–Kier alpha value is -1.32. The van der Waals surface area contributed by atoms with Crippen LogP contribution in [0, 0.1) is 17.8 Å². The van der Waals surface area contributed by atoms with Crippen molar-refractivity contribution in [3.8, 4) is 0 Å². The first-order valence-corrected chi connectivity index (χ1v) is 6.72. The monoisotopic (exact) mass is 252 g/mol. The molecule has 0 radical (unpaired) electrons. The molecule has 1 saturated carbocycles. The van der Waals surface area contributed by atoms with Gasteiger partial charge in [0.05, 0.1) is 11.8 Å². The van der Waals surface area contributed by atoms with Gasteiger partial charge in [0, 0.05) is 7.05 Å². The lowest BCUT2D eigenvalue weighted by molar-refractivity contribution is -0.133. The first kappa shape index (κ1) is 14.7. The number of carbonyl (C=O) groups is 2. The Bertz CT molecular complexity index is 309. The fourth-order valence-electron chi connectivity index (χ4n) is 2.90. The van der Waals surface area contributed by atoms with Crippen molar-refractivity contribution in [1.82, 2.24) is 5.32 Å². The molecule has 0 aliphatic heterocycles. The van der Waals surface area contributed by atoms with Gasteiger partial charge in [-0.25, -0.2) is 0 Å². The molecule has 0 bridgehead atoms. The number of rotatable bonds is 7. The van der Waals surface area contributed by atoms with Crippen LogP contribution in [-0.4, -0.2) is 18.9 Å². The summed E-state index contributed by atoms with van der Waals surface area (Å²) in [5, 5.41) is 2.65. The quantitative estimate of drug-likeness (QED) is 0.676. The predicted octanol–water partition coefficient (Wildman–Crippen LogP) is 1.61. The highest BCUT2D eigenvalue weighted by molar-refractivity contribution is 5.86. The van der Waals surface area contributed by atoms with Crippen molar-refractivity contribution in [2.75, 3.05) is 7.05 Å². The lowest BCUT2D eigenvalue weighted by atomic mass is 9.81. The third-order valence-electron chi connectivity index (χ3n) is 3.92. The van der Waals surface area contributed by atoms with E-state index >= 15 is 0 Å². The van der Waals surface area contributed by atoms with Crippen LogP contribution in [0.5, 0.6) is 0 Å². The van der Waals surface area contributed by atoms with Crippen LogP contribution in [-0.2, 0) is 9.59 Å². The fraction of sp³-hybridized carbons (Fsp3) is 0.714. The molecule has 0 aromatic carbocycles. The lowest BCUT2D eigenvalue weighted by Crippen LogP contribution is -2.39. The number of hydrogen-bond donors (Lipinski definition) is 2. The van der Waals surface area contributed by atoms with E-state index in [9.17, 15) is 9.59 Å². The molecule has 0 aromatic heterocycles. The van der Waals surface area contributed by atoms with Crippen LogP contribution in [0.4, 0.5) is 0 Å². The number of allylic oxidation sites excluding steroid dienone is 1. The normalized spacial score (nSPS) is 19.2. The summed E-state index contributed by atoms with van der Waals surface area (Å²) in [6.45, 7) is 3.64. The Morgan fingerprint density at radius 1 is 1.39 bits per heavy atom. The minimum atomic E-state index is -0.428. The average Bonchev–Trinajstić information content (AvgIpc) is 2.85. The zero-order valence-electron chi connectivity index (χ0n) is 11.2. The molecule has 0 spiro atoms. The van der Waals surface area contributed by atoms with E-state index in [1.54, 1.807) is 13.1 Å². The maximum absolute atomic E-state index is 12.0. The zero-order valence-corrected chi connectivity index (χ0v) is 11.2. The SMILES string of the molecule is C=CC[C@H](C(N)=O)C(CC1CCCC1)C(=O)NC. The molecule has 1 aliphatic carbocycles. The largest absolute Gasteiger partial charge is 0.369 e. The molecule has 0 aromatic rings. The van der Waals surface area contributed by atoms with E-state index in [0.717, 1.165) is 19.3 Å². The van der Waals surface area contributed by atoms with Crippen molar-refractivity contribution in [1.29, 1.82) is 0 Å². The Balaban J connectivity index is 2.76. The molecule has 3 N–H and O–H groups in total. The van der Waals surface area contributed by atoms with Crippen molar-refractivity contribution >= 4 is 11.8 Å². The van der Waals surface area contributed by atoms with Crippen molar-refractivity contribution in [2.45, 2.75) is 38.5 Å². The second-order valence-electron chi connectivity index (χ2n) is 5.14. The Morgan fingerprint density at radius 2 is 2.00 bits per heavy atom. The molecule has 4 heteroatoms.